The second-order valence-corrected chi connectivity index (χ2v) is 3.49. The van der Waals surface area contributed by atoms with Crippen molar-refractivity contribution in [1.29, 1.82) is 0 Å². The predicted molar refractivity (Wildman–Crippen MR) is 55.5 cm³/mol. The number of methoxy groups -OCH3 is 2. The average Bonchev–Trinajstić information content (AvgIpc) is 2.19. The van der Waals surface area contributed by atoms with Gasteiger partial charge in [-0.05, 0) is 18.4 Å². The van der Waals surface area contributed by atoms with Crippen LogP contribution in [0.25, 0.3) is 0 Å². The van der Waals surface area contributed by atoms with Crippen LogP contribution < -0.4 is 4.74 Å². The minimum absolute atomic E-state index is 0.595. The van der Waals surface area contributed by atoms with Gasteiger partial charge in [0.1, 0.15) is 5.75 Å². The number of hydrogen-bond donors (Lipinski definition) is 0. The largest absolute Gasteiger partial charge is 0.496 e. The fraction of sp³-hybridized carbons (Fsp3) is 0.400. The van der Waals surface area contributed by atoms with Gasteiger partial charge in [0.05, 0.1) is 13.7 Å². The second-order valence-electron chi connectivity index (χ2n) is 2.61. The zero-order valence-electron chi connectivity index (χ0n) is 8.16. The third-order valence-electron chi connectivity index (χ3n) is 1.79. The molecule has 13 heavy (non-hydrogen) atoms. The van der Waals surface area contributed by atoms with Crippen LogP contribution in [0, 0.1) is 0 Å². The van der Waals surface area contributed by atoms with Crippen LogP contribution in [-0.2, 0) is 11.3 Å². The molecule has 0 aromatic heterocycles. The highest BCUT2D eigenvalue weighted by Gasteiger charge is 2.02. The molecule has 0 aliphatic carbocycles. The Morgan fingerprint density at radius 3 is 2.62 bits per heavy atom. The lowest BCUT2D eigenvalue weighted by Crippen LogP contribution is -1.93. The van der Waals surface area contributed by atoms with Gasteiger partial charge in [-0.1, -0.05) is 6.07 Å². The summed E-state index contributed by atoms with van der Waals surface area (Å²) in [5.41, 5.74) is 1.09. The SMILES string of the molecule is COCc1ccc(SC)cc1OC. The molecule has 2 nitrogen and oxygen atoms in total. The van der Waals surface area contributed by atoms with Crippen LogP contribution in [0.15, 0.2) is 23.1 Å². The fourth-order valence-corrected chi connectivity index (χ4v) is 1.56. The highest BCUT2D eigenvalue weighted by molar-refractivity contribution is 7.98. The van der Waals surface area contributed by atoms with Gasteiger partial charge < -0.3 is 9.47 Å². The minimum atomic E-state index is 0.595. The summed E-state index contributed by atoms with van der Waals surface area (Å²) in [5, 5.41) is 0. The molecule has 0 spiro atoms. The summed E-state index contributed by atoms with van der Waals surface area (Å²) in [6.07, 6.45) is 2.05. The van der Waals surface area contributed by atoms with Gasteiger partial charge in [-0.2, -0.15) is 0 Å². The molecule has 72 valence electrons. The summed E-state index contributed by atoms with van der Waals surface area (Å²) in [5.74, 6) is 0.897. The van der Waals surface area contributed by atoms with E-state index >= 15 is 0 Å². The molecule has 0 radical (unpaired) electrons. The van der Waals surface area contributed by atoms with E-state index in [1.54, 1.807) is 26.0 Å². The predicted octanol–water partition coefficient (Wildman–Crippen LogP) is 2.56. The minimum Gasteiger partial charge on any atom is -0.496 e. The molecule has 0 fully saturated rings. The highest BCUT2D eigenvalue weighted by atomic mass is 32.2. The third-order valence-corrected chi connectivity index (χ3v) is 2.52. The summed E-state index contributed by atoms with van der Waals surface area (Å²) in [6, 6.07) is 6.13. The van der Waals surface area contributed by atoms with Crippen molar-refractivity contribution in [2.45, 2.75) is 11.5 Å². The summed E-state index contributed by atoms with van der Waals surface area (Å²) in [4.78, 5) is 1.21. The number of ether oxygens (including phenoxy) is 2. The first-order valence-corrected chi connectivity index (χ1v) is 5.24. The molecule has 0 unspecified atom stereocenters. The van der Waals surface area contributed by atoms with Crippen molar-refractivity contribution < 1.29 is 9.47 Å². The lowest BCUT2D eigenvalue weighted by atomic mass is 10.2. The van der Waals surface area contributed by atoms with Gasteiger partial charge in [-0.15, -0.1) is 11.8 Å². The Morgan fingerprint density at radius 2 is 2.08 bits per heavy atom. The third kappa shape index (κ3) is 2.64. The van der Waals surface area contributed by atoms with Crippen molar-refractivity contribution in [3.63, 3.8) is 0 Å². The quantitative estimate of drug-likeness (QED) is 0.693. The monoisotopic (exact) mass is 198 g/mol. The van der Waals surface area contributed by atoms with Crippen LogP contribution in [0.5, 0.6) is 5.75 Å². The molecule has 0 N–H and O–H groups in total. The Hall–Kier alpha value is -0.670. The van der Waals surface area contributed by atoms with Crippen LogP contribution in [0.2, 0.25) is 0 Å². The van der Waals surface area contributed by atoms with Crippen molar-refractivity contribution in [1.82, 2.24) is 0 Å². The Balaban J connectivity index is 2.93. The first-order chi connectivity index (χ1) is 6.31. The molecule has 0 aliphatic rings. The van der Waals surface area contributed by atoms with Crippen molar-refractivity contribution in [2.75, 3.05) is 20.5 Å². The van der Waals surface area contributed by atoms with Crippen molar-refractivity contribution >= 4 is 11.8 Å². The van der Waals surface area contributed by atoms with E-state index in [0.29, 0.717) is 6.61 Å². The number of rotatable bonds is 4. The Kier molecular flexibility index (Phi) is 4.12. The maximum Gasteiger partial charge on any atom is 0.125 e. The van der Waals surface area contributed by atoms with Crippen LogP contribution in [0.4, 0.5) is 0 Å². The summed E-state index contributed by atoms with van der Waals surface area (Å²) in [6.45, 7) is 0.595. The molecular formula is C10H14O2S. The summed E-state index contributed by atoms with van der Waals surface area (Å²) in [7, 11) is 3.36. The van der Waals surface area contributed by atoms with Crippen molar-refractivity contribution in [3.05, 3.63) is 23.8 Å². The lowest BCUT2D eigenvalue weighted by Gasteiger charge is -2.08. The smallest absolute Gasteiger partial charge is 0.125 e. The van der Waals surface area contributed by atoms with Crippen LogP contribution in [0.1, 0.15) is 5.56 Å². The van der Waals surface area contributed by atoms with Crippen LogP contribution in [-0.4, -0.2) is 20.5 Å². The van der Waals surface area contributed by atoms with E-state index in [2.05, 4.69) is 6.07 Å². The molecule has 1 aromatic carbocycles. The van der Waals surface area contributed by atoms with Gasteiger partial charge in [0.15, 0.2) is 0 Å². The zero-order valence-corrected chi connectivity index (χ0v) is 8.98. The van der Waals surface area contributed by atoms with Gasteiger partial charge in [0, 0.05) is 17.6 Å². The maximum absolute atomic E-state index is 5.25. The standard InChI is InChI=1S/C10H14O2S/c1-11-7-8-4-5-9(13-3)6-10(8)12-2/h4-6H,7H2,1-3H3. The zero-order chi connectivity index (χ0) is 9.68. The van der Waals surface area contributed by atoms with E-state index in [1.807, 2.05) is 18.4 Å². The van der Waals surface area contributed by atoms with Gasteiger partial charge in [-0.25, -0.2) is 0 Å². The Morgan fingerprint density at radius 1 is 1.31 bits per heavy atom. The second kappa shape index (κ2) is 5.14. The molecule has 0 aliphatic heterocycles. The molecule has 3 heteroatoms. The Labute approximate surface area is 83.2 Å². The van der Waals surface area contributed by atoms with Crippen molar-refractivity contribution in [3.8, 4) is 5.75 Å². The number of benzene rings is 1. The number of thioether (sulfide) groups is 1. The van der Waals surface area contributed by atoms with E-state index in [-0.39, 0.29) is 0 Å². The van der Waals surface area contributed by atoms with E-state index in [9.17, 15) is 0 Å². The first kappa shape index (κ1) is 10.4. The van der Waals surface area contributed by atoms with Crippen LogP contribution in [0.3, 0.4) is 0 Å². The first-order valence-electron chi connectivity index (χ1n) is 4.01. The molecule has 0 heterocycles. The molecule has 0 saturated heterocycles. The summed E-state index contributed by atoms with van der Waals surface area (Å²) >= 11 is 1.70. The highest BCUT2D eigenvalue weighted by Crippen LogP contribution is 2.25. The van der Waals surface area contributed by atoms with Gasteiger partial charge >= 0.3 is 0 Å². The van der Waals surface area contributed by atoms with Crippen molar-refractivity contribution in [2.24, 2.45) is 0 Å². The normalized spacial score (nSPS) is 10.1. The molecular weight excluding hydrogens is 184 g/mol. The molecule has 0 bridgehead atoms. The van der Waals surface area contributed by atoms with E-state index in [1.165, 1.54) is 4.90 Å². The van der Waals surface area contributed by atoms with Gasteiger partial charge in [0.25, 0.3) is 0 Å². The van der Waals surface area contributed by atoms with Gasteiger partial charge in [-0.3, -0.25) is 0 Å². The molecule has 0 saturated carbocycles. The summed E-state index contributed by atoms with van der Waals surface area (Å²) < 4.78 is 10.3. The van der Waals surface area contributed by atoms with E-state index in [0.717, 1.165) is 11.3 Å². The fourth-order valence-electron chi connectivity index (χ4n) is 1.13. The van der Waals surface area contributed by atoms with Crippen LogP contribution >= 0.6 is 11.8 Å². The van der Waals surface area contributed by atoms with E-state index in [4.69, 9.17) is 9.47 Å². The molecule has 1 aromatic rings. The molecule has 0 amide bonds. The molecule has 0 atom stereocenters. The van der Waals surface area contributed by atoms with Gasteiger partial charge in [0.2, 0.25) is 0 Å². The Bertz CT molecular complexity index is 274. The topological polar surface area (TPSA) is 18.5 Å². The lowest BCUT2D eigenvalue weighted by molar-refractivity contribution is 0.181. The number of hydrogen-bond acceptors (Lipinski definition) is 3. The maximum atomic E-state index is 5.25. The van der Waals surface area contributed by atoms with E-state index < -0.39 is 0 Å². The molecule has 1 rings (SSSR count). The average molecular weight is 198 g/mol.